The molecule has 2 rings (SSSR count). The Morgan fingerprint density at radius 1 is 1.05 bits per heavy atom. The van der Waals surface area contributed by atoms with Gasteiger partial charge in [0.05, 0.1) is 0 Å². The molecule has 0 radical (unpaired) electrons. The Labute approximate surface area is 126 Å². The Bertz CT molecular complexity index is 202. The van der Waals surface area contributed by atoms with Crippen LogP contribution in [-0.4, -0.2) is 28.8 Å². The lowest BCUT2D eigenvalue weighted by Gasteiger charge is -2.36. The molecule has 0 amide bonds. The van der Waals surface area contributed by atoms with Crippen LogP contribution in [0.3, 0.4) is 0 Å². The van der Waals surface area contributed by atoms with Crippen LogP contribution in [0.1, 0.15) is 80.6 Å². The van der Waals surface area contributed by atoms with Gasteiger partial charge >= 0.3 is 0 Å². The lowest BCUT2D eigenvalue weighted by molar-refractivity contribution is 0.684. The van der Waals surface area contributed by atoms with Crippen molar-refractivity contribution in [2.24, 2.45) is 0 Å². The zero-order valence-electron chi connectivity index (χ0n) is 14.6. The second-order valence-electron chi connectivity index (χ2n) is 6.48. The molecule has 4 atom stereocenters. The summed E-state index contributed by atoms with van der Waals surface area (Å²) in [6, 6.07) is 0. The fourth-order valence-electron chi connectivity index (χ4n) is 3.08. The highest BCUT2D eigenvalue weighted by Crippen LogP contribution is 2.63. The van der Waals surface area contributed by atoms with Crippen LogP contribution in [0.4, 0.5) is 0 Å². The molecule has 2 saturated heterocycles. The van der Waals surface area contributed by atoms with Crippen molar-refractivity contribution in [3.05, 3.63) is 0 Å². The predicted molar refractivity (Wildman–Crippen MR) is 98.1 cm³/mol. The maximum atomic E-state index is 2.48. The van der Waals surface area contributed by atoms with Gasteiger partial charge in [0.15, 0.2) is 0 Å². The molecule has 0 aromatic rings. The molecule has 0 nitrogen and oxygen atoms in total. The molecule has 0 bridgehead atoms. The van der Waals surface area contributed by atoms with Crippen molar-refractivity contribution in [2.45, 2.75) is 97.0 Å². The minimum atomic E-state index is 0.346. The summed E-state index contributed by atoms with van der Waals surface area (Å²) in [6.07, 6.45) is 10.6. The monoisotopic (exact) mass is 304 g/mol. The number of hydrogen-bond donors (Lipinski definition) is 0. The lowest BCUT2D eigenvalue weighted by Crippen LogP contribution is -2.23. The van der Waals surface area contributed by atoms with Crippen LogP contribution in [0.5, 0.6) is 0 Å². The average molecular weight is 304 g/mol. The van der Waals surface area contributed by atoms with E-state index in [0.29, 0.717) is 13.1 Å². The molecule has 19 heavy (non-hydrogen) atoms. The lowest BCUT2D eigenvalue weighted by atomic mass is 10.1. The Hall–Kier alpha value is 0.860. The summed E-state index contributed by atoms with van der Waals surface area (Å²) in [5.41, 5.74) is 2.31. The van der Waals surface area contributed by atoms with Gasteiger partial charge in [0.1, 0.15) is 0 Å². The summed E-state index contributed by atoms with van der Waals surface area (Å²) >= 11 is 0. The SMILES string of the molecule is CC.CC(C)(C)P1CCCC1C1CCCP1.CCC. The van der Waals surface area contributed by atoms with Gasteiger partial charge in [-0.05, 0) is 54.5 Å². The van der Waals surface area contributed by atoms with Crippen molar-refractivity contribution < 1.29 is 0 Å². The Morgan fingerprint density at radius 2 is 1.63 bits per heavy atom. The fourth-order valence-corrected chi connectivity index (χ4v) is 9.16. The fraction of sp³-hybridized carbons (Fsp3) is 1.00. The van der Waals surface area contributed by atoms with E-state index in [4.69, 9.17) is 0 Å². The third-order valence-electron chi connectivity index (χ3n) is 3.72. The minimum absolute atomic E-state index is 0.346. The van der Waals surface area contributed by atoms with Crippen LogP contribution in [0.2, 0.25) is 0 Å². The van der Waals surface area contributed by atoms with Gasteiger partial charge in [0.2, 0.25) is 0 Å². The van der Waals surface area contributed by atoms with Crippen LogP contribution >= 0.6 is 16.5 Å². The van der Waals surface area contributed by atoms with Crippen molar-refractivity contribution in [2.75, 3.05) is 12.3 Å². The van der Waals surface area contributed by atoms with Crippen molar-refractivity contribution in [1.29, 1.82) is 0 Å². The Morgan fingerprint density at radius 3 is 2.05 bits per heavy atom. The molecule has 0 aromatic heterocycles. The second-order valence-corrected chi connectivity index (χ2v) is 11.5. The predicted octanol–water partition coefficient (Wildman–Crippen LogP) is 6.71. The molecule has 0 N–H and O–H groups in total. The van der Waals surface area contributed by atoms with Crippen molar-refractivity contribution in [3.8, 4) is 0 Å². The molecule has 2 aliphatic rings. The summed E-state index contributed by atoms with van der Waals surface area (Å²) in [5, 5.41) is 0.629. The molecular formula is C17H38P2. The highest BCUT2D eigenvalue weighted by molar-refractivity contribution is 7.61. The molecular weight excluding hydrogens is 266 g/mol. The summed E-state index contributed by atoms with van der Waals surface area (Å²) in [4.78, 5) is 0. The molecule has 0 aliphatic carbocycles. The highest BCUT2D eigenvalue weighted by atomic mass is 31.1. The van der Waals surface area contributed by atoms with E-state index < -0.39 is 0 Å². The van der Waals surface area contributed by atoms with E-state index in [9.17, 15) is 0 Å². The topological polar surface area (TPSA) is 0 Å². The van der Waals surface area contributed by atoms with Gasteiger partial charge in [0.25, 0.3) is 0 Å². The Kier molecular flexibility index (Phi) is 11.0. The van der Waals surface area contributed by atoms with E-state index >= 15 is 0 Å². The molecule has 2 aliphatic heterocycles. The summed E-state index contributed by atoms with van der Waals surface area (Å²) in [7, 11) is 1.66. The van der Waals surface area contributed by atoms with E-state index in [-0.39, 0.29) is 0 Å². The first-order valence-electron chi connectivity index (χ1n) is 8.50. The molecule has 0 spiro atoms. The van der Waals surface area contributed by atoms with Crippen molar-refractivity contribution >= 4 is 16.5 Å². The second kappa shape index (κ2) is 10.6. The van der Waals surface area contributed by atoms with Gasteiger partial charge in [-0.1, -0.05) is 62.8 Å². The van der Waals surface area contributed by atoms with Gasteiger partial charge in [0, 0.05) is 0 Å². The van der Waals surface area contributed by atoms with Crippen LogP contribution in [0.25, 0.3) is 0 Å². The zero-order valence-corrected chi connectivity index (χ0v) is 16.4. The van der Waals surface area contributed by atoms with E-state index in [1.807, 2.05) is 13.8 Å². The first-order valence-corrected chi connectivity index (χ1v) is 11.4. The standard InChI is InChI=1S/C12H24P2.C3H8.C2H6/c1-12(2,3)14-9-5-7-11(14)10-6-4-8-13-10;1-3-2;1-2/h10-11,13H,4-9H2,1-3H3;3H2,1-2H3;1-2H3. The minimum Gasteiger partial charge on any atom is -0.118 e. The van der Waals surface area contributed by atoms with E-state index in [1.165, 1.54) is 27.8 Å². The molecule has 2 heterocycles. The van der Waals surface area contributed by atoms with Gasteiger partial charge in [-0.2, -0.15) is 0 Å². The van der Waals surface area contributed by atoms with E-state index in [1.54, 1.807) is 25.2 Å². The van der Waals surface area contributed by atoms with Crippen molar-refractivity contribution in [1.82, 2.24) is 0 Å². The third kappa shape index (κ3) is 6.91. The molecule has 4 unspecified atom stereocenters. The molecule has 2 heteroatoms. The van der Waals surface area contributed by atoms with E-state index in [0.717, 1.165) is 11.3 Å². The molecule has 0 saturated carbocycles. The summed E-state index contributed by atoms with van der Waals surface area (Å²) < 4.78 is 0. The normalized spacial score (nSPS) is 31.4. The largest absolute Gasteiger partial charge is 0.118 e. The number of hydrogen-bond acceptors (Lipinski definition) is 0. The first-order chi connectivity index (χ1) is 9.00. The van der Waals surface area contributed by atoms with Crippen LogP contribution in [-0.2, 0) is 0 Å². The quantitative estimate of drug-likeness (QED) is 0.472. The van der Waals surface area contributed by atoms with Gasteiger partial charge in [-0.15, -0.1) is 8.58 Å². The zero-order chi connectivity index (χ0) is 14.9. The maximum Gasteiger partial charge on any atom is -0.0139 e. The van der Waals surface area contributed by atoms with Gasteiger partial charge in [-0.3, -0.25) is 0 Å². The van der Waals surface area contributed by atoms with Crippen LogP contribution < -0.4 is 0 Å². The van der Waals surface area contributed by atoms with E-state index in [2.05, 4.69) is 34.6 Å². The van der Waals surface area contributed by atoms with Crippen molar-refractivity contribution in [3.63, 3.8) is 0 Å². The van der Waals surface area contributed by atoms with Crippen LogP contribution in [0, 0.1) is 0 Å². The molecule has 0 aromatic carbocycles. The highest BCUT2D eigenvalue weighted by Gasteiger charge is 2.39. The summed E-state index contributed by atoms with van der Waals surface area (Å²) in [6.45, 7) is 15.7. The van der Waals surface area contributed by atoms with Gasteiger partial charge in [-0.25, -0.2) is 0 Å². The van der Waals surface area contributed by atoms with Gasteiger partial charge < -0.3 is 0 Å². The molecule has 116 valence electrons. The number of rotatable bonds is 1. The maximum absolute atomic E-state index is 2.48. The average Bonchev–Trinajstić information content (AvgIpc) is 3.02. The Balaban J connectivity index is 0.000000573. The third-order valence-corrected chi connectivity index (χ3v) is 9.80. The molecule has 2 fully saturated rings. The smallest absolute Gasteiger partial charge is 0.0139 e. The van der Waals surface area contributed by atoms with Crippen LogP contribution in [0.15, 0.2) is 0 Å². The summed E-state index contributed by atoms with van der Waals surface area (Å²) in [5.74, 6) is 0. The first kappa shape index (κ1) is 19.9.